The molecule has 2 N–H and O–H groups in total. The summed E-state index contributed by atoms with van der Waals surface area (Å²) in [5.41, 5.74) is 7.35. The van der Waals surface area contributed by atoms with Gasteiger partial charge in [0.2, 0.25) is 0 Å². The van der Waals surface area contributed by atoms with Crippen molar-refractivity contribution in [3.8, 4) is 6.07 Å². The van der Waals surface area contributed by atoms with Crippen LogP contribution in [0.2, 0.25) is 0 Å². The SMILES string of the molecule is N#CCC1=CCC=N1.NCCC1=CCC=N1. The number of hydrogen-bond donors (Lipinski definition) is 1. The van der Waals surface area contributed by atoms with Crippen LogP contribution in [0.3, 0.4) is 0 Å². The van der Waals surface area contributed by atoms with Crippen LogP contribution in [0, 0.1) is 11.3 Å². The molecule has 16 heavy (non-hydrogen) atoms. The van der Waals surface area contributed by atoms with Crippen LogP contribution in [0.15, 0.2) is 33.5 Å². The lowest BCUT2D eigenvalue weighted by Crippen LogP contribution is -1.97. The average molecular weight is 216 g/mol. The van der Waals surface area contributed by atoms with Crippen molar-refractivity contribution < 1.29 is 0 Å². The fourth-order valence-corrected chi connectivity index (χ4v) is 1.34. The zero-order valence-electron chi connectivity index (χ0n) is 9.26. The van der Waals surface area contributed by atoms with E-state index in [1.165, 1.54) is 0 Å². The second-order valence-corrected chi connectivity index (χ2v) is 3.36. The van der Waals surface area contributed by atoms with E-state index in [2.05, 4.69) is 16.1 Å². The monoisotopic (exact) mass is 216 g/mol. The molecule has 0 atom stereocenters. The molecule has 0 aromatic rings. The molecule has 84 valence electrons. The number of nitrogens with two attached hydrogens (primary N) is 1. The van der Waals surface area contributed by atoms with Crippen molar-refractivity contribution in [1.82, 2.24) is 0 Å². The molecule has 4 nitrogen and oxygen atoms in total. The summed E-state index contributed by atoms with van der Waals surface area (Å²) in [4.78, 5) is 8.02. The Labute approximate surface area is 95.9 Å². The first-order valence-electron chi connectivity index (χ1n) is 5.37. The molecule has 0 saturated carbocycles. The summed E-state index contributed by atoms with van der Waals surface area (Å²) in [5.74, 6) is 0. The molecule has 0 aliphatic carbocycles. The lowest BCUT2D eigenvalue weighted by molar-refractivity contribution is 0.941. The first-order chi connectivity index (χ1) is 7.86. The maximum atomic E-state index is 8.16. The highest BCUT2D eigenvalue weighted by molar-refractivity contribution is 5.65. The lowest BCUT2D eigenvalue weighted by atomic mass is 10.3. The molecule has 2 aliphatic rings. The van der Waals surface area contributed by atoms with Gasteiger partial charge in [-0.25, -0.2) is 0 Å². The fourth-order valence-electron chi connectivity index (χ4n) is 1.34. The number of rotatable bonds is 3. The molecule has 4 heteroatoms. The lowest BCUT2D eigenvalue weighted by Gasteiger charge is -1.89. The maximum Gasteiger partial charge on any atom is 0.0771 e. The van der Waals surface area contributed by atoms with Gasteiger partial charge in [-0.2, -0.15) is 5.26 Å². The van der Waals surface area contributed by atoms with Gasteiger partial charge in [0.15, 0.2) is 0 Å². The Balaban J connectivity index is 0.000000160. The van der Waals surface area contributed by atoms with E-state index in [4.69, 9.17) is 11.0 Å². The Kier molecular flexibility index (Phi) is 5.82. The van der Waals surface area contributed by atoms with E-state index in [0.717, 1.165) is 30.7 Å². The molecule has 0 aromatic heterocycles. The summed E-state index contributed by atoms with van der Waals surface area (Å²) in [7, 11) is 0. The van der Waals surface area contributed by atoms with Crippen molar-refractivity contribution in [3.63, 3.8) is 0 Å². The molecule has 0 amide bonds. The summed E-state index contributed by atoms with van der Waals surface area (Å²) in [6.45, 7) is 0.711. The first kappa shape index (κ1) is 12.3. The van der Waals surface area contributed by atoms with Gasteiger partial charge in [-0.3, -0.25) is 9.98 Å². The molecule has 0 radical (unpaired) electrons. The summed E-state index contributed by atoms with van der Waals surface area (Å²) < 4.78 is 0. The Morgan fingerprint density at radius 1 is 1.19 bits per heavy atom. The van der Waals surface area contributed by atoms with Gasteiger partial charge in [0.25, 0.3) is 0 Å². The Morgan fingerprint density at radius 3 is 2.25 bits per heavy atom. The summed E-state index contributed by atoms with van der Waals surface area (Å²) in [6.07, 6.45) is 11.1. The van der Waals surface area contributed by atoms with Crippen LogP contribution in [-0.2, 0) is 0 Å². The van der Waals surface area contributed by atoms with Crippen LogP contribution in [-0.4, -0.2) is 19.0 Å². The highest BCUT2D eigenvalue weighted by Gasteiger charge is 1.95. The Bertz CT molecular complexity index is 369. The predicted octanol–water partition coefficient (Wildman–Crippen LogP) is 1.95. The van der Waals surface area contributed by atoms with Crippen LogP contribution in [0.4, 0.5) is 0 Å². The van der Waals surface area contributed by atoms with Crippen LogP contribution in [0.5, 0.6) is 0 Å². The zero-order chi connectivity index (χ0) is 11.6. The second kappa shape index (κ2) is 7.55. The van der Waals surface area contributed by atoms with E-state index < -0.39 is 0 Å². The minimum Gasteiger partial charge on any atom is -0.330 e. The van der Waals surface area contributed by atoms with E-state index in [1.807, 2.05) is 24.6 Å². The molecular weight excluding hydrogens is 200 g/mol. The molecule has 0 unspecified atom stereocenters. The molecule has 2 aliphatic heterocycles. The normalized spacial score (nSPS) is 16.2. The third-order valence-electron chi connectivity index (χ3n) is 2.09. The average Bonchev–Trinajstić information content (AvgIpc) is 2.92. The molecule has 0 fully saturated rings. The van der Waals surface area contributed by atoms with Gasteiger partial charge in [-0.15, -0.1) is 0 Å². The molecule has 0 spiro atoms. The van der Waals surface area contributed by atoms with Gasteiger partial charge in [0.1, 0.15) is 0 Å². The number of nitriles is 1. The van der Waals surface area contributed by atoms with E-state index >= 15 is 0 Å². The van der Waals surface area contributed by atoms with E-state index in [0.29, 0.717) is 13.0 Å². The van der Waals surface area contributed by atoms with E-state index in [1.54, 1.807) is 0 Å². The second-order valence-electron chi connectivity index (χ2n) is 3.36. The van der Waals surface area contributed by atoms with Gasteiger partial charge in [0.05, 0.1) is 18.2 Å². The van der Waals surface area contributed by atoms with E-state index in [9.17, 15) is 0 Å². The fraction of sp³-hybridized carbons (Fsp3) is 0.417. The standard InChI is InChI=1S/C6H10N2.C6H6N2/c2*7-4-3-6-2-1-5-8-6/h2,5H,1,3-4,7H2;2,5H,1,3H2. The third kappa shape index (κ3) is 4.67. The summed E-state index contributed by atoms with van der Waals surface area (Å²) in [5, 5.41) is 8.16. The van der Waals surface area contributed by atoms with Crippen molar-refractivity contribution in [2.75, 3.05) is 6.54 Å². The quantitative estimate of drug-likeness (QED) is 0.783. The molecule has 2 rings (SSSR count). The smallest absolute Gasteiger partial charge is 0.0771 e. The van der Waals surface area contributed by atoms with Crippen molar-refractivity contribution in [3.05, 3.63) is 23.5 Å². The van der Waals surface area contributed by atoms with Gasteiger partial charge in [-0.05, 0) is 6.54 Å². The third-order valence-corrected chi connectivity index (χ3v) is 2.09. The van der Waals surface area contributed by atoms with Crippen LogP contribution < -0.4 is 5.73 Å². The highest BCUT2D eigenvalue weighted by atomic mass is 14.8. The number of nitrogens with zero attached hydrogens (tertiary/aromatic N) is 3. The molecule has 2 heterocycles. The van der Waals surface area contributed by atoms with Crippen molar-refractivity contribution in [1.29, 1.82) is 5.26 Å². The minimum absolute atomic E-state index is 0.455. The Morgan fingerprint density at radius 2 is 1.81 bits per heavy atom. The van der Waals surface area contributed by atoms with Crippen molar-refractivity contribution >= 4 is 12.4 Å². The van der Waals surface area contributed by atoms with Gasteiger partial charge in [-0.1, -0.05) is 12.2 Å². The Hall–Kier alpha value is -1.73. The van der Waals surface area contributed by atoms with Gasteiger partial charge >= 0.3 is 0 Å². The van der Waals surface area contributed by atoms with Crippen molar-refractivity contribution in [2.24, 2.45) is 15.7 Å². The van der Waals surface area contributed by atoms with Gasteiger partial charge in [0, 0.05) is 37.4 Å². The molecular formula is C12H16N4. The predicted molar refractivity (Wildman–Crippen MR) is 66.3 cm³/mol. The molecule has 0 aromatic carbocycles. The molecule has 0 saturated heterocycles. The highest BCUT2D eigenvalue weighted by Crippen LogP contribution is 2.07. The summed E-state index contributed by atoms with van der Waals surface area (Å²) in [6, 6.07) is 2.03. The first-order valence-corrected chi connectivity index (χ1v) is 5.37. The maximum absolute atomic E-state index is 8.16. The molecule has 0 bridgehead atoms. The number of allylic oxidation sites excluding steroid dienone is 3. The summed E-state index contributed by atoms with van der Waals surface area (Å²) >= 11 is 0. The number of hydrogen-bond acceptors (Lipinski definition) is 4. The van der Waals surface area contributed by atoms with Crippen molar-refractivity contribution in [2.45, 2.75) is 25.7 Å². The van der Waals surface area contributed by atoms with Gasteiger partial charge < -0.3 is 5.73 Å². The topological polar surface area (TPSA) is 74.5 Å². The van der Waals surface area contributed by atoms with Crippen LogP contribution in [0.25, 0.3) is 0 Å². The largest absolute Gasteiger partial charge is 0.330 e. The van der Waals surface area contributed by atoms with Crippen LogP contribution >= 0.6 is 0 Å². The minimum atomic E-state index is 0.455. The van der Waals surface area contributed by atoms with Crippen LogP contribution in [0.1, 0.15) is 25.7 Å². The zero-order valence-corrected chi connectivity index (χ0v) is 9.26. The van der Waals surface area contributed by atoms with E-state index in [-0.39, 0.29) is 0 Å². The number of aliphatic imine (C=N–C) groups is 2.